The van der Waals surface area contributed by atoms with Crippen molar-refractivity contribution < 1.29 is 0 Å². The normalized spacial score (nSPS) is 10.4. The van der Waals surface area contributed by atoms with Crippen LogP contribution in [0.2, 0.25) is 10.0 Å². The zero-order valence-electron chi connectivity index (χ0n) is 9.00. The van der Waals surface area contributed by atoms with Crippen molar-refractivity contribution in [2.45, 2.75) is 13.3 Å². The second-order valence-corrected chi connectivity index (χ2v) is 4.52. The second-order valence-electron chi connectivity index (χ2n) is 3.67. The summed E-state index contributed by atoms with van der Waals surface area (Å²) in [6, 6.07) is 13.9. The van der Waals surface area contributed by atoms with Crippen LogP contribution >= 0.6 is 23.2 Å². The molecule has 2 aromatic carbocycles. The van der Waals surface area contributed by atoms with Gasteiger partial charge >= 0.3 is 0 Å². The Balaban J connectivity index is 2.45. The van der Waals surface area contributed by atoms with Gasteiger partial charge in [-0.15, -0.1) is 0 Å². The lowest BCUT2D eigenvalue weighted by Crippen LogP contribution is -1.82. The Labute approximate surface area is 106 Å². The molecule has 0 saturated heterocycles. The summed E-state index contributed by atoms with van der Waals surface area (Å²) < 4.78 is 0. The second kappa shape index (κ2) is 4.90. The van der Waals surface area contributed by atoms with Gasteiger partial charge in [0.1, 0.15) is 0 Å². The molecule has 2 aromatic rings. The molecule has 0 amide bonds. The Morgan fingerprint density at radius 1 is 0.938 bits per heavy atom. The van der Waals surface area contributed by atoms with Gasteiger partial charge < -0.3 is 0 Å². The van der Waals surface area contributed by atoms with E-state index < -0.39 is 0 Å². The van der Waals surface area contributed by atoms with Crippen LogP contribution in [0, 0.1) is 0 Å². The molecule has 0 bridgehead atoms. The van der Waals surface area contributed by atoms with Gasteiger partial charge in [-0.05, 0) is 35.7 Å². The van der Waals surface area contributed by atoms with Crippen LogP contribution in [0.4, 0.5) is 0 Å². The number of aryl methyl sites for hydroxylation is 1. The smallest absolute Gasteiger partial charge is 0.0485 e. The summed E-state index contributed by atoms with van der Waals surface area (Å²) in [6.07, 6.45) is 1.05. The molecule has 0 fully saturated rings. The van der Waals surface area contributed by atoms with Gasteiger partial charge in [0.25, 0.3) is 0 Å². The summed E-state index contributed by atoms with van der Waals surface area (Å²) in [4.78, 5) is 0. The summed E-state index contributed by atoms with van der Waals surface area (Å²) >= 11 is 12.1. The van der Waals surface area contributed by atoms with Gasteiger partial charge in [-0.2, -0.15) is 0 Å². The number of hydrogen-bond donors (Lipinski definition) is 0. The Bertz CT molecular complexity index is 487. The predicted octanol–water partition coefficient (Wildman–Crippen LogP) is 5.22. The minimum absolute atomic E-state index is 0.707. The van der Waals surface area contributed by atoms with Crippen LogP contribution < -0.4 is 0 Å². The number of benzene rings is 2. The lowest BCUT2D eigenvalue weighted by Gasteiger charge is -2.06. The van der Waals surface area contributed by atoms with Crippen molar-refractivity contribution in [2.75, 3.05) is 0 Å². The van der Waals surface area contributed by atoms with E-state index in [2.05, 4.69) is 31.2 Å². The van der Waals surface area contributed by atoms with Crippen LogP contribution in [-0.4, -0.2) is 0 Å². The van der Waals surface area contributed by atoms with Gasteiger partial charge in [-0.3, -0.25) is 0 Å². The van der Waals surface area contributed by atoms with Gasteiger partial charge in [-0.25, -0.2) is 0 Å². The summed E-state index contributed by atoms with van der Waals surface area (Å²) in [5.74, 6) is 0. The number of halogens is 2. The van der Waals surface area contributed by atoms with Crippen molar-refractivity contribution >= 4 is 23.2 Å². The van der Waals surface area contributed by atoms with Crippen LogP contribution in [0.5, 0.6) is 0 Å². The van der Waals surface area contributed by atoms with Crippen molar-refractivity contribution in [2.24, 2.45) is 0 Å². The maximum atomic E-state index is 6.15. The molecule has 0 heterocycles. The molecule has 0 unspecified atom stereocenters. The highest BCUT2D eigenvalue weighted by molar-refractivity contribution is 6.35. The molecule has 0 N–H and O–H groups in total. The molecule has 0 aliphatic rings. The molecule has 0 radical (unpaired) electrons. The Kier molecular flexibility index (Phi) is 3.52. The van der Waals surface area contributed by atoms with Gasteiger partial charge in [0.2, 0.25) is 0 Å². The Morgan fingerprint density at radius 2 is 1.62 bits per heavy atom. The van der Waals surface area contributed by atoms with Gasteiger partial charge in [0.05, 0.1) is 0 Å². The molecule has 0 aliphatic heterocycles. The molecule has 2 heteroatoms. The highest BCUT2D eigenvalue weighted by atomic mass is 35.5. The van der Waals surface area contributed by atoms with Crippen LogP contribution in [0.1, 0.15) is 12.5 Å². The van der Waals surface area contributed by atoms with Crippen molar-refractivity contribution in [3.05, 3.63) is 58.1 Å². The summed E-state index contributed by atoms with van der Waals surface area (Å²) in [7, 11) is 0. The molecule has 0 saturated carbocycles. The minimum Gasteiger partial charge on any atom is -0.0843 e. The van der Waals surface area contributed by atoms with Crippen molar-refractivity contribution in [1.82, 2.24) is 0 Å². The summed E-state index contributed by atoms with van der Waals surface area (Å²) in [6.45, 7) is 2.14. The topological polar surface area (TPSA) is 0 Å². The van der Waals surface area contributed by atoms with E-state index in [1.165, 1.54) is 5.56 Å². The molecular formula is C14H12Cl2. The van der Waals surface area contributed by atoms with Crippen LogP contribution in [0.25, 0.3) is 11.1 Å². The van der Waals surface area contributed by atoms with E-state index in [1.54, 1.807) is 6.07 Å². The fourth-order valence-electron chi connectivity index (χ4n) is 1.64. The van der Waals surface area contributed by atoms with E-state index in [0.717, 1.165) is 22.6 Å². The highest BCUT2D eigenvalue weighted by Gasteiger charge is 2.04. The molecule has 0 spiro atoms. The summed E-state index contributed by atoms with van der Waals surface area (Å²) in [5, 5.41) is 1.44. The van der Waals surface area contributed by atoms with Crippen LogP contribution in [-0.2, 0) is 6.42 Å². The van der Waals surface area contributed by atoms with Gasteiger partial charge in [0, 0.05) is 15.6 Å². The standard InChI is InChI=1S/C14H12Cl2/c1-2-10-3-5-11(6-4-10)13-9-12(15)7-8-14(13)16/h3-9H,2H2,1H3. The van der Waals surface area contributed by atoms with E-state index in [0.29, 0.717) is 5.02 Å². The SMILES string of the molecule is CCc1ccc(-c2cc(Cl)ccc2Cl)cc1. The third kappa shape index (κ3) is 2.40. The first-order valence-electron chi connectivity index (χ1n) is 5.25. The fraction of sp³-hybridized carbons (Fsp3) is 0.143. The first-order valence-corrected chi connectivity index (χ1v) is 6.00. The quantitative estimate of drug-likeness (QED) is 0.686. The Morgan fingerprint density at radius 3 is 2.25 bits per heavy atom. The molecule has 16 heavy (non-hydrogen) atoms. The monoisotopic (exact) mass is 250 g/mol. The predicted molar refractivity (Wildman–Crippen MR) is 71.3 cm³/mol. The molecular weight excluding hydrogens is 239 g/mol. The average Bonchev–Trinajstić information content (AvgIpc) is 2.32. The molecule has 2 rings (SSSR count). The highest BCUT2D eigenvalue weighted by Crippen LogP contribution is 2.30. The van der Waals surface area contributed by atoms with Crippen molar-refractivity contribution in [3.63, 3.8) is 0 Å². The van der Waals surface area contributed by atoms with E-state index in [1.807, 2.05) is 12.1 Å². The first kappa shape index (κ1) is 11.5. The third-order valence-corrected chi connectivity index (χ3v) is 3.17. The van der Waals surface area contributed by atoms with E-state index in [4.69, 9.17) is 23.2 Å². The zero-order chi connectivity index (χ0) is 11.5. The maximum Gasteiger partial charge on any atom is 0.0485 e. The molecule has 0 aliphatic carbocycles. The third-order valence-electron chi connectivity index (χ3n) is 2.60. The van der Waals surface area contributed by atoms with E-state index >= 15 is 0 Å². The van der Waals surface area contributed by atoms with Crippen LogP contribution in [0.3, 0.4) is 0 Å². The molecule has 0 aromatic heterocycles. The van der Waals surface area contributed by atoms with Crippen molar-refractivity contribution in [3.8, 4) is 11.1 Å². The zero-order valence-corrected chi connectivity index (χ0v) is 10.5. The maximum absolute atomic E-state index is 6.15. The molecule has 0 nitrogen and oxygen atoms in total. The minimum atomic E-state index is 0.707. The van der Waals surface area contributed by atoms with Crippen molar-refractivity contribution in [1.29, 1.82) is 0 Å². The van der Waals surface area contributed by atoms with Gasteiger partial charge in [-0.1, -0.05) is 54.4 Å². The summed E-state index contributed by atoms with van der Waals surface area (Å²) in [5.41, 5.74) is 3.41. The van der Waals surface area contributed by atoms with Gasteiger partial charge in [0.15, 0.2) is 0 Å². The number of hydrogen-bond acceptors (Lipinski definition) is 0. The fourth-order valence-corrected chi connectivity index (χ4v) is 2.04. The Hall–Kier alpha value is -0.980. The molecule has 82 valence electrons. The molecule has 0 atom stereocenters. The number of rotatable bonds is 2. The average molecular weight is 251 g/mol. The van der Waals surface area contributed by atoms with E-state index in [-0.39, 0.29) is 0 Å². The lowest BCUT2D eigenvalue weighted by atomic mass is 10.0. The lowest BCUT2D eigenvalue weighted by molar-refractivity contribution is 1.14. The first-order chi connectivity index (χ1) is 7.70. The van der Waals surface area contributed by atoms with E-state index in [9.17, 15) is 0 Å². The largest absolute Gasteiger partial charge is 0.0843 e. The van der Waals surface area contributed by atoms with Crippen LogP contribution in [0.15, 0.2) is 42.5 Å².